The first-order valence-corrected chi connectivity index (χ1v) is 9.30. The number of hydrogen-bond acceptors (Lipinski definition) is 4. The van der Waals surface area contributed by atoms with Crippen molar-refractivity contribution in [2.75, 3.05) is 12.4 Å². The van der Waals surface area contributed by atoms with Crippen LogP contribution in [0.2, 0.25) is 0 Å². The van der Waals surface area contributed by atoms with E-state index in [4.69, 9.17) is 9.72 Å². The van der Waals surface area contributed by atoms with Crippen LogP contribution in [0.5, 0.6) is 5.75 Å². The highest BCUT2D eigenvalue weighted by Crippen LogP contribution is 2.27. The van der Waals surface area contributed by atoms with Gasteiger partial charge in [-0.3, -0.25) is 9.20 Å². The third-order valence-electron chi connectivity index (χ3n) is 4.62. The summed E-state index contributed by atoms with van der Waals surface area (Å²) in [6, 6.07) is 24.4. The van der Waals surface area contributed by atoms with Gasteiger partial charge in [0, 0.05) is 11.8 Å². The molecule has 30 heavy (non-hydrogen) atoms. The van der Waals surface area contributed by atoms with Gasteiger partial charge in [-0.05, 0) is 30.3 Å². The van der Waals surface area contributed by atoms with Gasteiger partial charge in [0.15, 0.2) is 0 Å². The maximum absolute atomic E-state index is 12.8. The van der Waals surface area contributed by atoms with E-state index in [0.717, 1.165) is 11.2 Å². The molecule has 0 aliphatic heterocycles. The van der Waals surface area contributed by atoms with Gasteiger partial charge < -0.3 is 10.1 Å². The smallest absolute Gasteiger partial charge is 0.266 e. The number of fused-ring (bicyclic) bond motifs is 1. The fourth-order valence-corrected chi connectivity index (χ4v) is 3.18. The second-order valence-electron chi connectivity index (χ2n) is 6.46. The molecule has 6 heteroatoms. The highest BCUT2D eigenvalue weighted by Gasteiger charge is 2.17. The van der Waals surface area contributed by atoms with E-state index in [1.54, 1.807) is 30.3 Å². The van der Waals surface area contributed by atoms with E-state index in [1.165, 1.54) is 7.11 Å². The number of carbonyl (C=O) groups is 1. The first-order valence-electron chi connectivity index (χ1n) is 9.30. The van der Waals surface area contributed by atoms with Crippen molar-refractivity contribution in [2.45, 2.75) is 0 Å². The molecule has 0 saturated carbocycles. The largest absolute Gasteiger partial charge is 0.495 e. The standard InChI is InChI=1S/C24H18N4O2/c1-30-21-12-6-5-11-19(21)26-24(29)18(16-25)15-20-23(17-9-3-2-4-10-17)27-22-13-7-8-14-28(20)22/h2-15H,1H3,(H,26,29)/b18-15+. The van der Waals surface area contributed by atoms with Crippen molar-refractivity contribution < 1.29 is 9.53 Å². The Hall–Kier alpha value is -4.37. The first kappa shape index (κ1) is 19.0. The van der Waals surface area contributed by atoms with Gasteiger partial charge in [0.25, 0.3) is 5.91 Å². The predicted molar refractivity (Wildman–Crippen MR) is 116 cm³/mol. The van der Waals surface area contributed by atoms with Gasteiger partial charge in [-0.15, -0.1) is 0 Å². The van der Waals surface area contributed by atoms with Crippen LogP contribution < -0.4 is 10.1 Å². The van der Waals surface area contributed by atoms with Gasteiger partial charge in [-0.1, -0.05) is 48.5 Å². The van der Waals surface area contributed by atoms with E-state index in [1.807, 2.05) is 65.2 Å². The number of methoxy groups -OCH3 is 1. The molecule has 0 unspecified atom stereocenters. The van der Waals surface area contributed by atoms with Crippen LogP contribution in [0, 0.1) is 11.3 Å². The average molecular weight is 394 g/mol. The first-order chi connectivity index (χ1) is 14.7. The van der Waals surface area contributed by atoms with Crippen LogP contribution in [0.4, 0.5) is 5.69 Å². The Morgan fingerprint density at radius 3 is 2.57 bits per heavy atom. The quantitative estimate of drug-likeness (QED) is 0.398. The molecule has 2 heterocycles. The molecule has 4 rings (SSSR count). The molecule has 0 saturated heterocycles. The molecule has 1 amide bonds. The van der Waals surface area contributed by atoms with E-state index in [-0.39, 0.29) is 5.57 Å². The number of pyridine rings is 1. The van der Waals surface area contributed by atoms with Crippen molar-refractivity contribution in [1.82, 2.24) is 9.38 Å². The lowest BCUT2D eigenvalue weighted by molar-refractivity contribution is -0.112. The Morgan fingerprint density at radius 1 is 1.07 bits per heavy atom. The van der Waals surface area contributed by atoms with Crippen molar-refractivity contribution in [3.05, 3.63) is 90.3 Å². The van der Waals surface area contributed by atoms with Gasteiger partial charge in [0.05, 0.1) is 24.2 Å². The number of carbonyl (C=O) groups excluding carboxylic acids is 1. The minimum atomic E-state index is -0.521. The highest BCUT2D eigenvalue weighted by molar-refractivity contribution is 6.10. The number of nitriles is 1. The van der Waals surface area contributed by atoms with Gasteiger partial charge in [0.2, 0.25) is 0 Å². The predicted octanol–water partition coefficient (Wildman–Crippen LogP) is 4.56. The summed E-state index contributed by atoms with van der Waals surface area (Å²) in [6.45, 7) is 0. The molecule has 4 aromatic rings. The molecule has 146 valence electrons. The molecule has 0 aliphatic carbocycles. The van der Waals surface area contributed by atoms with Crippen LogP contribution in [-0.4, -0.2) is 22.4 Å². The summed E-state index contributed by atoms with van der Waals surface area (Å²) in [5.41, 5.74) is 3.43. The molecule has 2 aromatic carbocycles. The summed E-state index contributed by atoms with van der Waals surface area (Å²) in [7, 11) is 1.52. The Bertz CT molecular complexity index is 1280. The van der Waals surface area contributed by atoms with Crippen molar-refractivity contribution in [2.24, 2.45) is 0 Å². The van der Waals surface area contributed by atoms with E-state index < -0.39 is 5.91 Å². The molecule has 0 bridgehead atoms. The zero-order valence-electron chi connectivity index (χ0n) is 16.2. The Labute approximate surface area is 173 Å². The number of ether oxygens (including phenoxy) is 1. The SMILES string of the molecule is COc1ccccc1NC(=O)/C(C#N)=C/c1c(-c2ccccc2)nc2ccccn12. The lowest BCUT2D eigenvalue weighted by Crippen LogP contribution is -2.14. The molecule has 0 radical (unpaired) electrons. The number of nitrogens with one attached hydrogen (secondary N) is 1. The number of rotatable bonds is 5. The lowest BCUT2D eigenvalue weighted by atomic mass is 10.1. The Balaban J connectivity index is 1.79. The van der Waals surface area contributed by atoms with Crippen LogP contribution in [0.1, 0.15) is 5.69 Å². The summed E-state index contributed by atoms with van der Waals surface area (Å²) in [4.78, 5) is 17.5. The van der Waals surface area contributed by atoms with Crippen LogP contribution in [0.15, 0.2) is 84.6 Å². The van der Waals surface area contributed by atoms with Crippen LogP contribution in [0.25, 0.3) is 23.0 Å². The van der Waals surface area contributed by atoms with Crippen molar-refractivity contribution in [3.63, 3.8) is 0 Å². The van der Waals surface area contributed by atoms with Crippen LogP contribution >= 0.6 is 0 Å². The lowest BCUT2D eigenvalue weighted by Gasteiger charge is -2.09. The Kier molecular flexibility index (Phi) is 5.27. The molecule has 0 aliphatic rings. The number of nitrogens with zero attached hydrogens (tertiary/aromatic N) is 3. The van der Waals surface area contributed by atoms with Gasteiger partial charge in [-0.2, -0.15) is 5.26 Å². The zero-order chi connectivity index (χ0) is 20.9. The van der Waals surface area contributed by atoms with Gasteiger partial charge in [-0.25, -0.2) is 4.98 Å². The molecule has 1 N–H and O–H groups in total. The fourth-order valence-electron chi connectivity index (χ4n) is 3.18. The molecular weight excluding hydrogens is 376 g/mol. The van der Waals surface area contributed by atoms with Gasteiger partial charge in [0.1, 0.15) is 23.0 Å². The molecule has 2 aromatic heterocycles. The molecule has 6 nitrogen and oxygen atoms in total. The number of para-hydroxylation sites is 2. The number of amides is 1. The normalized spacial score (nSPS) is 11.1. The molecule has 0 atom stereocenters. The minimum Gasteiger partial charge on any atom is -0.495 e. The third kappa shape index (κ3) is 3.64. The van der Waals surface area contributed by atoms with Crippen molar-refractivity contribution in [3.8, 4) is 23.1 Å². The molecule has 0 fully saturated rings. The topological polar surface area (TPSA) is 79.4 Å². The summed E-state index contributed by atoms with van der Waals surface area (Å²) in [5.74, 6) is -0.00481. The van der Waals surface area contributed by atoms with E-state index in [9.17, 15) is 10.1 Å². The number of imidazole rings is 1. The monoisotopic (exact) mass is 394 g/mol. The Morgan fingerprint density at radius 2 is 1.80 bits per heavy atom. The molecular formula is C24H18N4O2. The summed E-state index contributed by atoms with van der Waals surface area (Å²) in [6.07, 6.45) is 3.42. The van der Waals surface area contributed by atoms with E-state index in [2.05, 4.69) is 5.32 Å². The minimum absolute atomic E-state index is 0.0382. The molecule has 0 spiro atoms. The van der Waals surface area contributed by atoms with Crippen molar-refractivity contribution >= 4 is 23.3 Å². The summed E-state index contributed by atoms with van der Waals surface area (Å²) < 4.78 is 7.13. The zero-order valence-corrected chi connectivity index (χ0v) is 16.2. The number of anilines is 1. The van der Waals surface area contributed by atoms with Crippen molar-refractivity contribution in [1.29, 1.82) is 5.26 Å². The number of hydrogen-bond donors (Lipinski definition) is 1. The number of benzene rings is 2. The second-order valence-corrected chi connectivity index (χ2v) is 6.46. The summed E-state index contributed by atoms with van der Waals surface area (Å²) in [5, 5.41) is 12.4. The maximum atomic E-state index is 12.8. The fraction of sp³-hybridized carbons (Fsp3) is 0.0417. The average Bonchev–Trinajstić information content (AvgIpc) is 3.16. The second kappa shape index (κ2) is 8.33. The van der Waals surface area contributed by atoms with Gasteiger partial charge >= 0.3 is 0 Å². The third-order valence-corrected chi connectivity index (χ3v) is 4.62. The van der Waals surface area contributed by atoms with E-state index >= 15 is 0 Å². The number of aromatic nitrogens is 2. The van der Waals surface area contributed by atoms with Crippen LogP contribution in [-0.2, 0) is 4.79 Å². The maximum Gasteiger partial charge on any atom is 0.266 e. The van der Waals surface area contributed by atoms with E-state index in [0.29, 0.717) is 22.8 Å². The highest BCUT2D eigenvalue weighted by atomic mass is 16.5. The van der Waals surface area contributed by atoms with Crippen LogP contribution in [0.3, 0.4) is 0 Å². The summed E-state index contributed by atoms with van der Waals surface area (Å²) >= 11 is 0.